The van der Waals surface area contributed by atoms with Crippen molar-refractivity contribution in [3.63, 3.8) is 0 Å². The Morgan fingerprint density at radius 1 is 1.24 bits per heavy atom. The molecule has 6 nitrogen and oxygen atoms in total. The zero-order valence-corrected chi connectivity index (χ0v) is 14.3. The lowest BCUT2D eigenvalue weighted by molar-refractivity contribution is -0.136. The van der Waals surface area contributed by atoms with Gasteiger partial charge in [0.2, 0.25) is 0 Å². The molecule has 1 atom stereocenters. The summed E-state index contributed by atoms with van der Waals surface area (Å²) in [6, 6.07) is 7.31. The summed E-state index contributed by atoms with van der Waals surface area (Å²) in [6.45, 7) is 5.48. The third kappa shape index (κ3) is 3.15. The summed E-state index contributed by atoms with van der Waals surface area (Å²) in [7, 11) is 0. The van der Waals surface area contributed by atoms with E-state index >= 15 is 0 Å². The van der Waals surface area contributed by atoms with Gasteiger partial charge in [-0.05, 0) is 26.8 Å². The second-order valence-electron chi connectivity index (χ2n) is 6.07. The topological polar surface area (TPSA) is 92.7 Å². The van der Waals surface area contributed by atoms with Crippen LogP contribution in [-0.2, 0) is 11.2 Å². The fraction of sp³-hybridized carbons (Fsp3) is 0.263. The molecule has 1 aromatic carbocycles. The number of hydrogen-bond acceptors (Lipinski definition) is 4. The molecule has 3 aromatic rings. The van der Waals surface area contributed by atoms with E-state index in [9.17, 15) is 9.59 Å². The summed E-state index contributed by atoms with van der Waals surface area (Å²) >= 11 is 0. The van der Waals surface area contributed by atoms with Crippen LogP contribution in [0, 0.1) is 13.8 Å². The normalized spacial score (nSPS) is 12.3. The molecule has 2 heterocycles. The molecule has 0 spiro atoms. The molecule has 130 valence electrons. The summed E-state index contributed by atoms with van der Waals surface area (Å²) in [5.41, 5.74) is 2.60. The highest BCUT2D eigenvalue weighted by Gasteiger charge is 2.24. The lowest BCUT2D eigenvalue weighted by atomic mass is 10.1. The van der Waals surface area contributed by atoms with Crippen LogP contribution in [0.2, 0.25) is 0 Å². The molecule has 3 rings (SSSR count). The first-order valence-corrected chi connectivity index (χ1v) is 7.96. The summed E-state index contributed by atoms with van der Waals surface area (Å²) in [5, 5.41) is 12.8. The van der Waals surface area contributed by atoms with Crippen molar-refractivity contribution >= 4 is 22.8 Å². The quantitative estimate of drug-likeness (QED) is 0.737. The molecule has 0 aliphatic rings. The molecule has 2 N–H and O–H groups in total. The van der Waals surface area contributed by atoms with Crippen LogP contribution in [0.5, 0.6) is 0 Å². The number of aliphatic carboxylic acids is 1. The monoisotopic (exact) mass is 341 g/mol. The maximum atomic E-state index is 12.6. The number of hydrogen-bond donors (Lipinski definition) is 2. The number of rotatable bonds is 5. The zero-order chi connectivity index (χ0) is 18.1. The van der Waals surface area contributed by atoms with Gasteiger partial charge in [-0.15, -0.1) is 0 Å². The minimum absolute atomic E-state index is 0.149. The van der Waals surface area contributed by atoms with Crippen LogP contribution in [0.15, 0.2) is 39.4 Å². The Hall–Kier alpha value is -3.02. The van der Waals surface area contributed by atoms with E-state index in [0.717, 1.165) is 16.5 Å². The SMILES string of the molecule is Cc1coc(CC(=O)O)c1C(=O)NC(C)c1oc2ccccc2c1C. The first-order chi connectivity index (χ1) is 11.9. The van der Waals surface area contributed by atoms with Crippen LogP contribution in [-0.4, -0.2) is 17.0 Å². The fourth-order valence-electron chi connectivity index (χ4n) is 3.01. The molecular formula is C19H19NO5. The van der Waals surface area contributed by atoms with E-state index in [0.29, 0.717) is 11.3 Å². The van der Waals surface area contributed by atoms with Gasteiger partial charge in [-0.3, -0.25) is 9.59 Å². The molecule has 0 saturated carbocycles. The number of carbonyl (C=O) groups excluding carboxylic acids is 1. The van der Waals surface area contributed by atoms with Crippen molar-refractivity contribution in [2.75, 3.05) is 0 Å². The van der Waals surface area contributed by atoms with Crippen molar-refractivity contribution in [1.29, 1.82) is 0 Å². The van der Waals surface area contributed by atoms with Crippen LogP contribution in [0.4, 0.5) is 0 Å². The maximum Gasteiger partial charge on any atom is 0.311 e. The van der Waals surface area contributed by atoms with E-state index in [4.69, 9.17) is 13.9 Å². The van der Waals surface area contributed by atoms with E-state index < -0.39 is 5.97 Å². The van der Waals surface area contributed by atoms with E-state index in [-0.39, 0.29) is 29.7 Å². The van der Waals surface area contributed by atoms with Gasteiger partial charge in [0.15, 0.2) is 0 Å². The van der Waals surface area contributed by atoms with E-state index in [1.54, 1.807) is 6.92 Å². The number of carbonyl (C=O) groups is 2. The Morgan fingerprint density at radius 2 is 1.96 bits per heavy atom. The Balaban J connectivity index is 1.86. The Labute approximate surface area is 144 Å². The van der Waals surface area contributed by atoms with Gasteiger partial charge in [-0.25, -0.2) is 0 Å². The van der Waals surface area contributed by atoms with Gasteiger partial charge >= 0.3 is 5.97 Å². The van der Waals surface area contributed by atoms with Crippen molar-refractivity contribution in [3.05, 3.63) is 58.7 Å². The number of carboxylic acid groups (broad SMARTS) is 1. The Bertz CT molecular complexity index is 950. The van der Waals surface area contributed by atoms with Gasteiger partial charge in [0, 0.05) is 16.5 Å². The van der Waals surface area contributed by atoms with Crippen LogP contribution in [0.3, 0.4) is 0 Å². The molecule has 0 radical (unpaired) electrons. The molecule has 1 unspecified atom stereocenters. The van der Waals surface area contributed by atoms with Gasteiger partial charge in [-0.1, -0.05) is 18.2 Å². The van der Waals surface area contributed by atoms with Crippen molar-refractivity contribution in [2.45, 2.75) is 33.2 Å². The molecule has 1 amide bonds. The fourth-order valence-corrected chi connectivity index (χ4v) is 3.01. The average Bonchev–Trinajstić information content (AvgIpc) is 3.08. The minimum Gasteiger partial charge on any atom is -0.481 e. The average molecular weight is 341 g/mol. The van der Waals surface area contributed by atoms with Gasteiger partial charge in [0.25, 0.3) is 5.91 Å². The number of furan rings is 2. The number of para-hydroxylation sites is 1. The summed E-state index contributed by atoms with van der Waals surface area (Å²) < 4.78 is 11.1. The Morgan fingerprint density at radius 3 is 2.64 bits per heavy atom. The summed E-state index contributed by atoms with van der Waals surface area (Å²) in [5.74, 6) is -0.606. The Kier molecular flexibility index (Phi) is 4.35. The van der Waals surface area contributed by atoms with Crippen molar-refractivity contribution in [2.24, 2.45) is 0 Å². The highest BCUT2D eigenvalue weighted by molar-refractivity contribution is 5.97. The molecule has 0 bridgehead atoms. The molecule has 25 heavy (non-hydrogen) atoms. The number of amides is 1. The predicted octanol–water partition coefficient (Wildman–Crippen LogP) is 3.76. The van der Waals surface area contributed by atoms with Crippen LogP contribution < -0.4 is 5.32 Å². The van der Waals surface area contributed by atoms with Crippen LogP contribution >= 0.6 is 0 Å². The highest BCUT2D eigenvalue weighted by atomic mass is 16.4. The standard InChI is InChI=1S/C19H19NO5/c1-10-9-24-15(8-16(21)22)17(10)19(23)20-12(3)18-11(2)13-6-4-5-7-14(13)25-18/h4-7,9,12H,8H2,1-3H3,(H,20,23)(H,21,22). The predicted molar refractivity (Wildman–Crippen MR) is 91.6 cm³/mol. The van der Waals surface area contributed by atoms with Gasteiger partial charge < -0.3 is 19.3 Å². The first kappa shape index (κ1) is 16.8. The second kappa shape index (κ2) is 6.47. The van der Waals surface area contributed by atoms with Crippen LogP contribution in [0.25, 0.3) is 11.0 Å². The van der Waals surface area contributed by atoms with Crippen LogP contribution in [0.1, 0.15) is 46.0 Å². The largest absolute Gasteiger partial charge is 0.481 e. The molecule has 0 fully saturated rings. The molecule has 0 aliphatic carbocycles. The number of nitrogens with one attached hydrogen (secondary N) is 1. The molecule has 2 aromatic heterocycles. The van der Waals surface area contributed by atoms with Crippen molar-refractivity contribution < 1.29 is 23.5 Å². The molecular weight excluding hydrogens is 322 g/mol. The van der Waals surface area contributed by atoms with Gasteiger partial charge in [0.05, 0.1) is 17.9 Å². The summed E-state index contributed by atoms with van der Waals surface area (Å²) in [6.07, 6.45) is 1.05. The van der Waals surface area contributed by atoms with Gasteiger partial charge in [-0.2, -0.15) is 0 Å². The molecule has 6 heteroatoms. The lowest BCUT2D eigenvalue weighted by Crippen LogP contribution is -2.28. The van der Waals surface area contributed by atoms with Crippen molar-refractivity contribution in [3.8, 4) is 0 Å². The number of carboxylic acids is 1. The number of aryl methyl sites for hydroxylation is 2. The van der Waals surface area contributed by atoms with E-state index in [2.05, 4.69) is 5.32 Å². The third-order valence-corrected chi connectivity index (χ3v) is 4.21. The number of benzene rings is 1. The zero-order valence-electron chi connectivity index (χ0n) is 14.3. The smallest absolute Gasteiger partial charge is 0.311 e. The summed E-state index contributed by atoms with van der Waals surface area (Å²) in [4.78, 5) is 23.6. The third-order valence-electron chi connectivity index (χ3n) is 4.21. The second-order valence-corrected chi connectivity index (χ2v) is 6.07. The van der Waals surface area contributed by atoms with E-state index in [1.807, 2.05) is 38.1 Å². The highest BCUT2D eigenvalue weighted by Crippen LogP contribution is 2.29. The number of fused-ring (bicyclic) bond motifs is 1. The van der Waals surface area contributed by atoms with Crippen molar-refractivity contribution in [1.82, 2.24) is 5.32 Å². The molecule has 0 saturated heterocycles. The van der Waals surface area contributed by atoms with E-state index in [1.165, 1.54) is 6.26 Å². The molecule has 0 aliphatic heterocycles. The minimum atomic E-state index is -1.05. The maximum absolute atomic E-state index is 12.6. The first-order valence-electron chi connectivity index (χ1n) is 7.96. The van der Waals surface area contributed by atoms with Gasteiger partial charge in [0.1, 0.15) is 23.5 Å². The lowest BCUT2D eigenvalue weighted by Gasteiger charge is -2.13.